The number of furan rings is 1. The van der Waals surface area contributed by atoms with Gasteiger partial charge >= 0.3 is 0 Å². The highest BCUT2D eigenvalue weighted by molar-refractivity contribution is 5.13. The standard InChI is InChI=1S/C16H28N2O/c1-15(2,3)17-9-13-8-14(19-11-13)10-18-7-6-16(4,5)12-18/h8,11,17H,6-7,9-10,12H2,1-5H3. The first-order valence-corrected chi connectivity index (χ1v) is 7.27. The van der Waals surface area contributed by atoms with Crippen molar-refractivity contribution in [2.75, 3.05) is 13.1 Å². The van der Waals surface area contributed by atoms with Crippen molar-refractivity contribution in [2.45, 2.75) is 59.7 Å². The normalized spacial score (nSPS) is 20.1. The second kappa shape index (κ2) is 5.29. The molecule has 1 fully saturated rings. The van der Waals surface area contributed by atoms with E-state index < -0.39 is 0 Å². The van der Waals surface area contributed by atoms with E-state index in [1.165, 1.54) is 25.1 Å². The molecule has 19 heavy (non-hydrogen) atoms. The number of rotatable bonds is 4. The lowest BCUT2D eigenvalue weighted by molar-refractivity contribution is 0.263. The molecule has 108 valence electrons. The van der Waals surface area contributed by atoms with Crippen LogP contribution in [0.5, 0.6) is 0 Å². The van der Waals surface area contributed by atoms with Gasteiger partial charge in [0.15, 0.2) is 0 Å². The predicted molar refractivity (Wildman–Crippen MR) is 79.0 cm³/mol. The van der Waals surface area contributed by atoms with Crippen molar-refractivity contribution in [1.29, 1.82) is 0 Å². The van der Waals surface area contributed by atoms with Crippen molar-refractivity contribution in [3.05, 3.63) is 23.7 Å². The van der Waals surface area contributed by atoms with E-state index >= 15 is 0 Å². The molecule has 0 aromatic carbocycles. The van der Waals surface area contributed by atoms with Gasteiger partial charge in [0.2, 0.25) is 0 Å². The molecular formula is C16H28N2O. The summed E-state index contributed by atoms with van der Waals surface area (Å²) >= 11 is 0. The number of hydrogen-bond donors (Lipinski definition) is 1. The summed E-state index contributed by atoms with van der Waals surface area (Å²) in [5.41, 5.74) is 1.85. The Bertz CT molecular complexity index is 415. The van der Waals surface area contributed by atoms with Crippen molar-refractivity contribution in [1.82, 2.24) is 10.2 Å². The zero-order chi connectivity index (χ0) is 14.1. The van der Waals surface area contributed by atoms with Crippen molar-refractivity contribution >= 4 is 0 Å². The maximum absolute atomic E-state index is 5.68. The van der Waals surface area contributed by atoms with Crippen LogP contribution >= 0.6 is 0 Å². The molecule has 0 radical (unpaired) electrons. The van der Waals surface area contributed by atoms with Gasteiger partial charge in [-0.05, 0) is 45.2 Å². The molecule has 0 aliphatic carbocycles. The average molecular weight is 264 g/mol. The molecule has 3 nitrogen and oxygen atoms in total. The molecule has 1 aromatic heterocycles. The topological polar surface area (TPSA) is 28.4 Å². The number of nitrogens with one attached hydrogen (secondary N) is 1. The summed E-state index contributed by atoms with van der Waals surface area (Å²) in [5, 5.41) is 3.48. The first kappa shape index (κ1) is 14.6. The van der Waals surface area contributed by atoms with Gasteiger partial charge in [-0.1, -0.05) is 13.8 Å². The minimum atomic E-state index is 0.149. The van der Waals surface area contributed by atoms with Gasteiger partial charge in [0.1, 0.15) is 5.76 Å². The molecule has 2 rings (SSSR count). The van der Waals surface area contributed by atoms with E-state index in [1.807, 2.05) is 6.26 Å². The highest BCUT2D eigenvalue weighted by atomic mass is 16.3. The van der Waals surface area contributed by atoms with Crippen LogP contribution in [0.4, 0.5) is 0 Å². The van der Waals surface area contributed by atoms with Gasteiger partial charge in [-0.25, -0.2) is 0 Å². The van der Waals surface area contributed by atoms with E-state index in [0.29, 0.717) is 5.41 Å². The van der Waals surface area contributed by atoms with E-state index in [9.17, 15) is 0 Å². The Morgan fingerprint density at radius 3 is 2.68 bits per heavy atom. The molecule has 0 saturated carbocycles. The maximum atomic E-state index is 5.68. The molecule has 1 saturated heterocycles. The number of likely N-dealkylation sites (tertiary alicyclic amines) is 1. The van der Waals surface area contributed by atoms with Crippen LogP contribution < -0.4 is 5.32 Å². The Kier molecular flexibility index (Phi) is 4.07. The fourth-order valence-electron chi connectivity index (χ4n) is 2.55. The van der Waals surface area contributed by atoms with Crippen LogP contribution in [0, 0.1) is 5.41 Å². The monoisotopic (exact) mass is 264 g/mol. The Morgan fingerprint density at radius 1 is 1.37 bits per heavy atom. The molecule has 0 atom stereocenters. The molecule has 0 unspecified atom stereocenters. The quantitative estimate of drug-likeness (QED) is 0.903. The molecule has 3 heteroatoms. The van der Waals surface area contributed by atoms with Crippen LogP contribution in [0.3, 0.4) is 0 Å². The smallest absolute Gasteiger partial charge is 0.118 e. The third kappa shape index (κ3) is 4.66. The molecule has 0 spiro atoms. The van der Waals surface area contributed by atoms with Crippen molar-refractivity contribution in [3.8, 4) is 0 Å². The highest BCUT2D eigenvalue weighted by Crippen LogP contribution is 2.29. The van der Waals surface area contributed by atoms with E-state index in [4.69, 9.17) is 4.42 Å². The first-order chi connectivity index (χ1) is 8.73. The summed E-state index contributed by atoms with van der Waals surface area (Å²) in [6.07, 6.45) is 3.17. The van der Waals surface area contributed by atoms with Gasteiger partial charge in [-0.2, -0.15) is 0 Å². The van der Waals surface area contributed by atoms with Gasteiger partial charge in [0, 0.05) is 24.2 Å². The van der Waals surface area contributed by atoms with Crippen LogP contribution in [-0.2, 0) is 13.1 Å². The van der Waals surface area contributed by atoms with Gasteiger partial charge in [-0.15, -0.1) is 0 Å². The lowest BCUT2D eigenvalue weighted by Crippen LogP contribution is -2.34. The number of nitrogens with zero attached hydrogens (tertiary/aromatic N) is 1. The van der Waals surface area contributed by atoms with E-state index in [1.54, 1.807) is 0 Å². The molecular weight excluding hydrogens is 236 g/mol. The lowest BCUT2D eigenvalue weighted by Gasteiger charge is -2.19. The van der Waals surface area contributed by atoms with Gasteiger partial charge < -0.3 is 9.73 Å². The lowest BCUT2D eigenvalue weighted by atomic mass is 9.93. The van der Waals surface area contributed by atoms with E-state index in [2.05, 4.69) is 50.9 Å². The SMILES string of the molecule is CC1(C)CCN(Cc2cc(CNC(C)(C)C)co2)C1. The molecule has 0 amide bonds. The fraction of sp³-hybridized carbons (Fsp3) is 0.750. The maximum Gasteiger partial charge on any atom is 0.118 e. The minimum absolute atomic E-state index is 0.149. The molecule has 1 aliphatic heterocycles. The summed E-state index contributed by atoms with van der Waals surface area (Å²) in [6.45, 7) is 15.4. The second-order valence-electron chi connectivity index (χ2n) is 7.65. The van der Waals surface area contributed by atoms with Crippen LogP contribution in [0.15, 0.2) is 16.7 Å². The molecule has 0 bridgehead atoms. The van der Waals surface area contributed by atoms with E-state index in [-0.39, 0.29) is 5.54 Å². The average Bonchev–Trinajstić information content (AvgIpc) is 2.82. The van der Waals surface area contributed by atoms with Gasteiger partial charge in [0.05, 0.1) is 12.8 Å². The zero-order valence-electron chi connectivity index (χ0n) is 13.0. The van der Waals surface area contributed by atoms with Crippen LogP contribution in [0.2, 0.25) is 0 Å². The van der Waals surface area contributed by atoms with Crippen LogP contribution in [-0.4, -0.2) is 23.5 Å². The summed E-state index contributed by atoms with van der Waals surface area (Å²) < 4.78 is 5.68. The fourth-order valence-corrected chi connectivity index (χ4v) is 2.55. The highest BCUT2D eigenvalue weighted by Gasteiger charge is 2.29. The summed E-state index contributed by atoms with van der Waals surface area (Å²) in [4.78, 5) is 2.49. The Morgan fingerprint density at radius 2 is 2.11 bits per heavy atom. The molecule has 1 N–H and O–H groups in total. The van der Waals surface area contributed by atoms with Crippen LogP contribution in [0.25, 0.3) is 0 Å². The van der Waals surface area contributed by atoms with Gasteiger partial charge in [-0.3, -0.25) is 4.90 Å². The summed E-state index contributed by atoms with van der Waals surface area (Å²) in [6, 6.07) is 2.18. The Labute approximate surface area is 117 Å². The zero-order valence-corrected chi connectivity index (χ0v) is 13.0. The minimum Gasteiger partial charge on any atom is -0.468 e. The molecule has 2 heterocycles. The molecule has 1 aliphatic rings. The first-order valence-electron chi connectivity index (χ1n) is 7.27. The Hall–Kier alpha value is -0.800. The van der Waals surface area contributed by atoms with E-state index in [0.717, 1.165) is 18.8 Å². The van der Waals surface area contributed by atoms with Crippen molar-refractivity contribution in [2.24, 2.45) is 5.41 Å². The van der Waals surface area contributed by atoms with Gasteiger partial charge in [0.25, 0.3) is 0 Å². The number of hydrogen-bond acceptors (Lipinski definition) is 3. The Balaban J connectivity index is 1.84. The third-order valence-corrected chi connectivity index (χ3v) is 3.67. The summed E-state index contributed by atoms with van der Waals surface area (Å²) in [5.74, 6) is 1.09. The van der Waals surface area contributed by atoms with Crippen molar-refractivity contribution in [3.63, 3.8) is 0 Å². The largest absolute Gasteiger partial charge is 0.468 e. The molecule has 1 aromatic rings. The van der Waals surface area contributed by atoms with Crippen LogP contribution in [0.1, 0.15) is 52.4 Å². The second-order valence-corrected chi connectivity index (χ2v) is 7.65. The third-order valence-electron chi connectivity index (χ3n) is 3.67. The predicted octanol–water partition coefficient (Wildman–Crippen LogP) is 3.40. The van der Waals surface area contributed by atoms with Crippen molar-refractivity contribution < 1.29 is 4.42 Å². The summed E-state index contributed by atoms with van der Waals surface area (Å²) in [7, 11) is 0.